The third-order valence-electron chi connectivity index (χ3n) is 2.95. The van der Waals surface area contributed by atoms with Crippen molar-refractivity contribution < 1.29 is 9.59 Å². The molecule has 0 saturated heterocycles. The zero-order valence-electron chi connectivity index (χ0n) is 9.29. The number of likely N-dealkylation sites (N-methyl/N-ethyl adjacent to an activating group) is 1. The van der Waals surface area contributed by atoms with Gasteiger partial charge in [0.05, 0.1) is 13.1 Å². The smallest absolute Gasteiger partial charge is 0.234 e. The van der Waals surface area contributed by atoms with Crippen LogP contribution in [0.4, 0.5) is 0 Å². The van der Waals surface area contributed by atoms with E-state index in [4.69, 9.17) is 0 Å². The first-order valence-electron chi connectivity index (χ1n) is 5.56. The van der Waals surface area contributed by atoms with Gasteiger partial charge in [-0.3, -0.25) is 14.5 Å². The third-order valence-corrected chi connectivity index (χ3v) is 2.95. The maximum Gasteiger partial charge on any atom is 0.234 e. The summed E-state index contributed by atoms with van der Waals surface area (Å²) in [5.41, 5.74) is 0. The van der Waals surface area contributed by atoms with Gasteiger partial charge in [0.2, 0.25) is 12.2 Å². The molecule has 0 heterocycles. The standard InChI is InChI=1S/C11H19N2O2/c1-13(9-11(15)12-7-8-14)10-5-3-2-4-6-10/h10H,2-7,9H2,1H3,(H,12,15). The predicted molar refractivity (Wildman–Crippen MR) is 58.2 cm³/mol. The van der Waals surface area contributed by atoms with Crippen LogP contribution < -0.4 is 5.32 Å². The molecule has 1 radical (unpaired) electrons. The summed E-state index contributed by atoms with van der Waals surface area (Å²) in [6.45, 7) is 0.379. The van der Waals surface area contributed by atoms with Crippen molar-refractivity contribution in [1.82, 2.24) is 10.2 Å². The first kappa shape index (κ1) is 12.2. The number of rotatable bonds is 5. The Morgan fingerprint density at radius 2 is 2.07 bits per heavy atom. The highest BCUT2D eigenvalue weighted by Crippen LogP contribution is 2.21. The van der Waals surface area contributed by atoms with Gasteiger partial charge in [0.15, 0.2) is 0 Å². The van der Waals surface area contributed by atoms with E-state index < -0.39 is 0 Å². The average Bonchev–Trinajstić information content (AvgIpc) is 2.27. The Bertz CT molecular complexity index is 213. The molecule has 0 unspecified atom stereocenters. The summed E-state index contributed by atoms with van der Waals surface area (Å²) in [7, 11) is 1.97. The minimum atomic E-state index is -0.0913. The van der Waals surface area contributed by atoms with Crippen LogP contribution in [0.15, 0.2) is 0 Å². The highest BCUT2D eigenvalue weighted by molar-refractivity contribution is 5.80. The predicted octanol–water partition coefficient (Wildman–Crippen LogP) is 0.477. The molecular weight excluding hydrogens is 192 g/mol. The molecule has 0 aromatic carbocycles. The molecule has 1 aliphatic carbocycles. The highest BCUT2D eigenvalue weighted by Gasteiger charge is 2.19. The van der Waals surface area contributed by atoms with Crippen LogP contribution in [0.3, 0.4) is 0 Å². The number of nitrogens with zero attached hydrogens (tertiary/aromatic N) is 1. The molecule has 0 bridgehead atoms. The van der Waals surface area contributed by atoms with E-state index in [1.54, 1.807) is 6.29 Å². The van der Waals surface area contributed by atoms with Gasteiger partial charge >= 0.3 is 0 Å². The van der Waals surface area contributed by atoms with Gasteiger partial charge in [-0.15, -0.1) is 0 Å². The summed E-state index contributed by atoms with van der Waals surface area (Å²) in [5.74, 6) is -0.0913. The Labute approximate surface area is 91.0 Å². The largest absolute Gasteiger partial charge is 0.347 e. The second-order valence-corrected chi connectivity index (χ2v) is 4.13. The Hall–Kier alpha value is -0.900. The van der Waals surface area contributed by atoms with Gasteiger partial charge in [0.1, 0.15) is 0 Å². The SMILES string of the molecule is CN(CC(=O)NC[C]=O)C1CCCCC1. The van der Waals surface area contributed by atoms with Crippen molar-refractivity contribution in [2.45, 2.75) is 38.1 Å². The number of amides is 1. The summed E-state index contributed by atoms with van der Waals surface area (Å²) in [5, 5.41) is 2.50. The lowest BCUT2D eigenvalue weighted by atomic mass is 9.94. The number of carbonyl (C=O) groups excluding carboxylic acids is 2. The van der Waals surface area contributed by atoms with E-state index >= 15 is 0 Å². The summed E-state index contributed by atoms with van der Waals surface area (Å²) in [6.07, 6.45) is 7.86. The van der Waals surface area contributed by atoms with Crippen molar-refractivity contribution >= 4 is 12.2 Å². The van der Waals surface area contributed by atoms with E-state index in [0.717, 1.165) is 0 Å². The number of hydrogen-bond acceptors (Lipinski definition) is 3. The van der Waals surface area contributed by atoms with Crippen LogP contribution in [0.2, 0.25) is 0 Å². The molecule has 0 atom stereocenters. The topological polar surface area (TPSA) is 49.4 Å². The lowest BCUT2D eigenvalue weighted by Crippen LogP contribution is -2.41. The van der Waals surface area contributed by atoms with Crippen LogP contribution in [-0.2, 0) is 9.59 Å². The minimum absolute atomic E-state index is 0.00264. The van der Waals surface area contributed by atoms with Gasteiger partial charge < -0.3 is 5.32 Å². The maximum atomic E-state index is 11.3. The Kier molecular flexibility index (Phi) is 5.32. The molecule has 1 saturated carbocycles. The Balaban J connectivity index is 2.23. The zero-order valence-corrected chi connectivity index (χ0v) is 9.29. The van der Waals surface area contributed by atoms with Gasteiger partial charge in [-0.2, -0.15) is 0 Å². The van der Waals surface area contributed by atoms with Crippen LogP contribution in [0.5, 0.6) is 0 Å². The van der Waals surface area contributed by atoms with E-state index in [0.29, 0.717) is 12.6 Å². The molecule has 15 heavy (non-hydrogen) atoms. The van der Waals surface area contributed by atoms with Gasteiger partial charge in [0, 0.05) is 6.04 Å². The quantitative estimate of drug-likeness (QED) is 0.719. The number of hydrogen-bond donors (Lipinski definition) is 1. The van der Waals surface area contributed by atoms with E-state index in [1.807, 2.05) is 7.05 Å². The van der Waals surface area contributed by atoms with Gasteiger partial charge in [-0.05, 0) is 19.9 Å². The number of nitrogens with one attached hydrogen (secondary N) is 1. The van der Waals surface area contributed by atoms with Crippen LogP contribution in [-0.4, -0.2) is 43.3 Å². The van der Waals surface area contributed by atoms with E-state index in [2.05, 4.69) is 10.2 Å². The summed E-state index contributed by atoms with van der Waals surface area (Å²) >= 11 is 0. The molecule has 4 heteroatoms. The van der Waals surface area contributed by atoms with Crippen LogP contribution >= 0.6 is 0 Å². The van der Waals surface area contributed by atoms with Crippen LogP contribution in [0.1, 0.15) is 32.1 Å². The summed E-state index contributed by atoms with van der Waals surface area (Å²) in [4.78, 5) is 23.3. The van der Waals surface area contributed by atoms with Crippen molar-refractivity contribution in [2.75, 3.05) is 20.1 Å². The molecule has 1 N–H and O–H groups in total. The van der Waals surface area contributed by atoms with E-state index in [1.165, 1.54) is 32.1 Å². The lowest BCUT2D eigenvalue weighted by Gasteiger charge is -2.30. The second-order valence-electron chi connectivity index (χ2n) is 4.13. The second kappa shape index (κ2) is 6.56. The Morgan fingerprint density at radius 3 is 2.67 bits per heavy atom. The molecule has 1 aliphatic rings. The summed E-state index contributed by atoms with van der Waals surface area (Å²) in [6, 6.07) is 0.532. The third kappa shape index (κ3) is 4.42. The Morgan fingerprint density at radius 1 is 1.40 bits per heavy atom. The molecule has 0 aromatic heterocycles. The highest BCUT2D eigenvalue weighted by atomic mass is 16.2. The molecule has 1 rings (SSSR count). The molecular formula is C11H19N2O2. The van der Waals surface area contributed by atoms with Crippen LogP contribution in [0, 0.1) is 0 Å². The first-order valence-corrected chi connectivity index (χ1v) is 5.56. The summed E-state index contributed by atoms with van der Waals surface area (Å²) < 4.78 is 0. The van der Waals surface area contributed by atoms with E-state index in [9.17, 15) is 9.59 Å². The van der Waals surface area contributed by atoms with Gasteiger partial charge in [0.25, 0.3) is 0 Å². The number of carbonyl (C=O) groups is 1. The molecule has 0 aromatic rings. The van der Waals surface area contributed by atoms with Gasteiger partial charge in [-0.1, -0.05) is 19.3 Å². The van der Waals surface area contributed by atoms with Crippen molar-refractivity contribution in [3.63, 3.8) is 0 Å². The van der Waals surface area contributed by atoms with Gasteiger partial charge in [-0.25, -0.2) is 0 Å². The molecule has 85 valence electrons. The van der Waals surface area contributed by atoms with Crippen molar-refractivity contribution in [1.29, 1.82) is 0 Å². The van der Waals surface area contributed by atoms with Crippen molar-refractivity contribution in [3.05, 3.63) is 0 Å². The fourth-order valence-electron chi connectivity index (χ4n) is 2.07. The van der Waals surface area contributed by atoms with Crippen molar-refractivity contribution in [2.24, 2.45) is 0 Å². The minimum Gasteiger partial charge on any atom is -0.347 e. The molecule has 0 spiro atoms. The first-order chi connectivity index (χ1) is 7.24. The monoisotopic (exact) mass is 211 g/mol. The van der Waals surface area contributed by atoms with Crippen LogP contribution in [0.25, 0.3) is 0 Å². The zero-order chi connectivity index (χ0) is 11.1. The maximum absolute atomic E-state index is 11.3. The normalized spacial score (nSPS) is 17.7. The van der Waals surface area contributed by atoms with Crippen molar-refractivity contribution in [3.8, 4) is 0 Å². The fraction of sp³-hybridized carbons (Fsp3) is 0.818. The fourth-order valence-corrected chi connectivity index (χ4v) is 2.07. The lowest BCUT2D eigenvalue weighted by molar-refractivity contribution is -0.122. The molecule has 1 amide bonds. The average molecular weight is 211 g/mol. The molecule has 4 nitrogen and oxygen atoms in total. The molecule has 1 fully saturated rings. The van der Waals surface area contributed by atoms with E-state index in [-0.39, 0.29) is 12.5 Å². The molecule has 0 aliphatic heterocycles.